The van der Waals surface area contributed by atoms with Crippen molar-refractivity contribution in [1.82, 2.24) is 5.32 Å². The Morgan fingerprint density at radius 1 is 1.38 bits per heavy atom. The van der Waals surface area contributed by atoms with Crippen molar-refractivity contribution in [3.63, 3.8) is 0 Å². The van der Waals surface area contributed by atoms with Crippen molar-refractivity contribution >= 4 is 30.1 Å². The van der Waals surface area contributed by atoms with Gasteiger partial charge in [0.25, 0.3) is 0 Å². The van der Waals surface area contributed by atoms with Gasteiger partial charge in [-0.3, -0.25) is 0 Å². The lowest BCUT2D eigenvalue weighted by molar-refractivity contribution is -0.137. The number of nitrogens with one attached hydrogen (secondary N) is 1. The van der Waals surface area contributed by atoms with Crippen LogP contribution >= 0.6 is 24.0 Å². The SMILES string of the molecule is CC1(C)COC(=O)N[C@@H]1c1ccc(C(F)(F)F)c(Cl)c1.Cl. The van der Waals surface area contributed by atoms with Gasteiger partial charge in [0.15, 0.2) is 0 Å². The first-order valence-electron chi connectivity index (χ1n) is 5.91. The Morgan fingerprint density at radius 2 is 2.00 bits per heavy atom. The number of alkyl carbamates (subject to hydrolysis) is 1. The second-order valence-electron chi connectivity index (χ2n) is 5.38. The molecule has 1 atom stereocenters. The molecule has 0 aliphatic carbocycles. The minimum Gasteiger partial charge on any atom is -0.449 e. The molecule has 0 aromatic heterocycles. The monoisotopic (exact) mass is 343 g/mol. The van der Waals surface area contributed by atoms with E-state index in [0.717, 1.165) is 6.07 Å². The van der Waals surface area contributed by atoms with Crippen LogP contribution < -0.4 is 5.32 Å². The number of carbonyl (C=O) groups excluding carboxylic acids is 1. The van der Waals surface area contributed by atoms with Gasteiger partial charge in [-0.1, -0.05) is 31.5 Å². The molecule has 0 bridgehead atoms. The van der Waals surface area contributed by atoms with Crippen LogP contribution in [0.3, 0.4) is 0 Å². The van der Waals surface area contributed by atoms with E-state index < -0.39 is 29.3 Å². The van der Waals surface area contributed by atoms with Crippen molar-refractivity contribution < 1.29 is 22.7 Å². The number of amides is 1. The van der Waals surface area contributed by atoms with Crippen LogP contribution in [0.25, 0.3) is 0 Å². The van der Waals surface area contributed by atoms with E-state index in [-0.39, 0.29) is 24.0 Å². The summed E-state index contributed by atoms with van der Waals surface area (Å²) in [5.41, 5.74) is -0.819. The number of hydrogen-bond acceptors (Lipinski definition) is 2. The first-order valence-corrected chi connectivity index (χ1v) is 6.29. The molecule has 118 valence electrons. The summed E-state index contributed by atoms with van der Waals surface area (Å²) in [6.07, 6.45) is -5.09. The highest BCUT2D eigenvalue weighted by Crippen LogP contribution is 2.40. The Kier molecular flexibility index (Phi) is 5.05. The van der Waals surface area contributed by atoms with Crippen LogP contribution in [0.15, 0.2) is 18.2 Å². The molecule has 0 saturated carbocycles. The summed E-state index contributed by atoms with van der Waals surface area (Å²) in [6, 6.07) is 3.04. The summed E-state index contributed by atoms with van der Waals surface area (Å²) >= 11 is 5.70. The third-order valence-electron chi connectivity index (χ3n) is 3.25. The Morgan fingerprint density at radius 3 is 2.52 bits per heavy atom. The standard InChI is InChI=1S/C13H13ClF3NO2.ClH/c1-12(2)6-20-11(19)18-10(12)7-3-4-8(9(14)5-7)13(15,16)17;/h3-5,10H,6H2,1-2H3,(H,18,19);1H/t10-;/m1./s1. The molecule has 1 aliphatic rings. The summed E-state index contributed by atoms with van der Waals surface area (Å²) < 4.78 is 42.9. The highest BCUT2D eigenvalue weighted by molar-refractivity contribution is 6.31. The van der Waals surface area contributed by atoms with Gasteiger partial charge in [0.1, 0.15) is 6.61 Å². The number of cyclic esters (lactones) is 1. The van der Waals surface area contributed by atoms with Gasteiger partial charge in [-0.15, -0.1) is 12.4 Å². The van der Waals surface area contributed by atoms with Gasteiger partial charge >= 0.3 is 12.3 Å². The van der Waals surface area contributed by atoms with Crippen LogP contribution in [0.5, 0.6) is 0 Å². The zero-order valence-electron chi connectivity index (χ0n) is 11.3. The summed E-state index contributed by atoms with van der Waals surface area (Å²) in [7, 11) is 0. The molecule has 8 heteroatoms. The molecule has 1 aliphatic heterocycles. The molecule has 1 fully saturated rings. The fraction of sp³-hybridized carbons (Fsp3) is 0.462. The maximum atomic E-state index is 12.7. The summed E-state index contributed by atoms with van der Waals surface area (Å²) in [4.78, 5) is 11.3. The van der Waals surface area contributed by atoms with Crippen LogP contribution in [-0.2, 0) is 10.9 Å². The fourth-order valence-electron chi connectivity index (χ4n) is 2.17. The highest BCUT2D eigenvalue weighted by atomic mass is 35.5. The van der Waals surface area contributed by atoms with Crippen molar-refractivity contribution in [3.8, 4) is 0 Å². The quantitative estimate of drug-likeness (QED) is 0.809. The van der Waals surface area contributed by atoms with Crippen LogP contribution in [0.1, 0.15) is 31.0 Å². The van der Waals surface area contributed by atoms with Crippen LogP contribution in [0.2, 0.25) is 5.02 Å². The number of benzene rings is 1. The molecule has 1 aromatic carbocycles. The first kappa shape index (κ1) is 17.9. The lowest BCUT2D eigenvalue weighted by atomic mass is 9.80. The number of alkyl halides is 3. The number of rotatable bonds is 1. The average Bonchev–Trinajstić information content (AvgIpc) is 2.30. The van der Waals surface area contributed by atoms with Crippen molar-refractivity contribution in [2.75, 3.05) is 6.61 Å². The van der Waals surface area contributed by atoms with Crippen LogP contribution in [0.4, 0.5) is 18.0 Å². The van der Waals surface area contributed by atoms with Gasteiger partial charge in [-0.2, -0.15) is 13.2 Å². The predicted octanol–water partition coefficient (Wildman–Crippen LogP) is 4.59. The van der Waals surface area contributed by atoms with Crippen molar-refractivity contribution in [2.45, 2.75) is 26.1 Å². The molecular formula is C13H14Cl2F3NO2. The van der Waals surface area contributed by atoms with Crippen molar-refractivity contribution in [2.24, 2.45) is 5.41 Å². The third kappa shape index (κ3) is 3.74. The summed E-state index contributed by atoms with van der Waals surface area (Å²) in [5, 5.41) is 2.22. The van der Waals surface area contributed by atoms with Gasteiger partial charge in [-0.05, 0) is 17.7 Å². The van der Waals surface area contributed by atoms with E-state index in [1.54, 1.807) is 0 Å². The van der Waals surface area contributed by atoms with E-state index in [1.165, 1.54) is 12.1 Å². The lowest BCUT2D eigenvalue weighted by Crippen LogP contribution is -2.46. The van der Waals surface area contributed by atoms with E-state index in [2.05, 4.69) is 5.32 Å². The highest BCUT2D eigenvalue weighted by Gasteiger charge is 2.39. The smallest absolute Gasteiger partial charge is 0.417 e. The van der Waals surface area contributed by atoms with Crippen molar-refractivity contribution in [3.05, 3.63) is 34.3 Å². The Hall–Kier alpha value is -1.14. The van der Waals surface area contributed by atoms with E-state index in [1.807, 2.05) is 13.8 Å². The molecule has 1 saturated heterocycles. The van der Waals surface area contributed by atoms with Crippen LogP contribution in [-0.4, -0.2) is 12.7 Å². The number of halogens is 5. The van der Waals surface area contributed by atoms with E-state index in [4.69, 9.17) is 16.3 Å². The molecule has 1 amide bonds. The summed E-state index contributed by atoms with van der Waals surface area (Å²) in [5.74, 6) is 0. The molecule has 21 heavy (non-hydrogen) atoms. The fourth-order valence-corrected chi connectivity index (χ4v) is 2.46. The molecule has 3 nitrogen and oxygen atoms in total. The van der Waals surface area contributed by atoms with Gasteiger partial charge in [0.2, 0.25) is 0 Å². The first-order chi connectivity index (χ1) is 9.11. The zero-order chi connectivity index (χ0) is 15.1. The summed E-state index contributed by atoms with van der Waals surface area (Å²) in [6.45, 7) is 3.88. The molecule has 1 heterocycles. The largest absolute Gasteiger partial charge is 0.449 e. The molecule has 0 spiro atoms. The minimum atomic E-state index is -4.50. The maximum Gasteiger partial charge on any atom is 0.417 e. The molecule has 1 N–H and O–H groups in total. The minimum absolute atomic E-state index is 0. The van der Waals surface area contributed by atoms with E-state index in [9.17, 15) is 18.0 Å². The Bertz CT molecular complexity index is 547. The average molecular weight is 344 g/mol. The topological polar surface area (TPSA) is 38.3 Å². The van der Waals surface area contributed by atoms with Crippen molar-refractivity contribution in [1.29, 1.82) is 0 Å². The normalized spacial score (nSPS) is 21.0. The van der Waals surface area contributed by atoms with E-state index >= 15 is 0 Å². The molecule has 1 aromatic rings. The van der Waals surface area contributed by atoms with Gasteiger partial charge < -0.3 is 10.1 Å². The lowest BCUT2D eigenvalue weighted by Gasteiger charge is -2.38. The predicted molar refractivity (Wildman–Crippen MR) is 74.7 cm³/mol. The molecule has 0 radical (unpaired) electrons. The third-order valence-corrected chi connectivity index (χ3v) is 3.56. The zero-order valence-corrected chi connectivity index (χ0v) is 12.8. The number of ether oxygens (including phenoxy) is 1. The second-order valence-corrected chi connectivity index (χ2v) is 5.79. The number of carbonyl (C=O) groups is 1. The second kappa shape index (κ2) is 5.93. The molecule has 0 unspecified atom stereocenters. The van der Waals surface area contributed by atoms with Gasteiger partial charge in [0.05, 0.1) is 16.6 Å². The molecular weight excluding hydrogens is 330 g/mol. The molecule has 2 rings (SSSR count). The van der Waals surface area contributed by atoms with E-state index in [0.29, 0.717) is 5.56 Å². The Balaban J connectivity index is 0.00000220. The van der Waals surface area contributed by atoms with Gasteiger partial charge in [0, 0.05) is 5.41 Å². The van der Waals surface area contributed by atoms with Crippen LogP contribution in [0, 0.1) is 5.41 Å². The maximum absolute atomic E-state index is 12.7. The van der Waals surface area contributed by atoms with Gasteiger partial charge in [-0.25, -0.2) is 4.79 Å². The Labute approximate surface area is 131 Å². The number of hydrogen-bond donors (Lipinski definition) is 1.